The van der Waals surface area contributed by atoms with Gasteiger partial charge in [-0.1, -0.05) is 0 Å². The van der Waals surface area contributed by atoms with Crippen LogP contribution in [0, 0.1) is 0 Å². The van der Waals surface area contributed by atoms with Gasteiger partial charge >= 0.3 is 0 Å². The van der Waals surface area contributed by atoms with Crippen molar-refractivity contribution in [2.75, 3.05) is 12.3 Å². The van der Waals surface area contributed by atoms with Gasteiger partial charge in [0.25, 0.3) is 0 Å². The van der Waals surface area contributed by atoms with Gasteiger partial charge in [0.2, 0.25) is 5.91 Å². The molecule has 70 valence electrons. The Bertz CT molecular complexity index is 324. The van der Waals surface area contributed by atoms with Crippen LogP contribution in [0.2, 0.25) is 0 Å². The van der Waals surface area contributed by atoms with Gasteiger partial charge in [-0.15, -0.1) is 10.2 Å². The molecule has 0 aromatic carbocycles. The molecular weight excluding hydrogens is 188 g/mol. The zero-order chi connectivity index (χ0) is 9.26. The molecule has 0 fully saturated rings. The van der Waals surface area contributed by atoms with Crippen LogP contribution in [0.5, 0.6) is 0 Å². The molecule has 1 aliphatic rings. The van der Waals surface area contributed by atoms with Crippen LogP contribution in [0.25, 0.3) is 0 Å². The number of thiol groups is 1. The molecule has 13 heavy (non-hydrogen) atoms. The zero-order valence-corrected chi connectivity index (χ0v) is 7.94. The Morgan fingerprint density at radius 1 is 1.62 bits per heavy atom. The number of hydrogen-bond donors (Lipinski definition) is 1. The number of nitrogens with zero attached hydrogens (tertiary/aromatic N) is 4. The largest absolute Gasteiger partial charge is 0.333 e. The van der Waals surface area contributed by atoms with E-state index in [0.29, 0.717) is 6.54 Å². The summed E-state index contributed by atoms with van der Waals surface area (Å²) in [5.74, 6) is 1.16. The molecule has 1 amide bonds. The van der Waals surface area contributed by atoms with Crippen LogP contribution in [0.1, 0.15) is 5.82 Å². The maximum absolute atomic E-state index is 11.3. The summed E-state index contributed by atoms with van der Waals surface area (Å²) in [4.78, 5) is 13.0. The van der Waals surface area contributed by atoms with Gasteiger partial charge < -0.3 is 9.47 Å². The van der Waals surface area contributed by atoms with Crippen LogP contribution in [0.4, 0.5) is 0 Å². The summed E-state index contributed by atoms with van der Waals surface area (Å²) in [7, 11) is 0. The summed E-state index contributed by atoms with van der Waals surface area (Å²) < 4.78 is 1.96. The molecular formula is C7H10N4OS. The lowest BCUT2D eigenvalue weighted by Gasteiger charge is -2.26. The lowest BCUT2D eigenvalue weighted by Crippen LogP contribution is -2.38. The Balaban J connectivity index is 2.13. The second-order valence-electron chi connectivity index (χ2n) is 2.91. The Hall–Kier alpha value is -1.04. The van der Waals surface area contributed by atoms with Gasteiger partial charge in [-0.25, -0.2) is 0 Å². The zero-order valence-electron chi connectivity index (χ0n) is 7.05. The first-order valence-corrected chi connectivity index (χ1v) is 4.70. The van der Waals surface area contributed by atoms with Crippen molar-refractivity contribution in [1.29, 1.82) is 0 Å². The third kappa shape index (κ3) is 1.53. The molecule has 1 aromatic heterocycles. The van der Waals surface area contributed by atoms with Gasteiger partial charge in [-0.3, -0.25) is 4.79 Å². The van der Waals surface area contributed by atoms with Crippen molar-refractivity contribution in [2.24, 2.45) is 0 Å². The van der Waals surface area contributed by atoms with Crippen LogP contribution in [0.15, 0.2) is 6.33 Å². The normalized spacial score (nSPS) is 15.6. The molecule has 5 nitrogen and oxygen atoms in total. The van der Waals surface area contributed by atoms with E-state index in [2.05, 4.69) is 22.8 Å². The Labute approximate surface area is 81.2 Å². The van der Waals surface area contributed by atoms with E-state index in [4.69, 9.17) is 0 Å². The highest BCUT2D eigenvalue weighted by molar-refractivity contribution is 7.81. The molecule has 1 aliphatic heterocycles. The number of rotatable bonds is 1. The van der Waals surface area contributed by atoms with Crippen LogP contribution < -0.4 is 0 Å². The van der Waals surface area contributed by atoms with Gasteiger partial charge in [0.15, 0.2) is 5.82 Å². The van der Waals surface area contributed by atoms with E-state index in [1.807, 2.05) is 4.57 Å². The smallest absolute Gasteiger partial charge is 0.232 e. The fraction of sp³-hybridized carbons (Fsp3) is 0.571. The lowest BCUT2D eigenvalue weighted by atomic mass is 10.3. The van der Waals surface area contributed by atoms with E-state index in [1.54, 1.807) is 11.2 Å². The van der Waals surface area contributed by atoms with Gasteiger partial charge in [0, 0.05) is 13.1 Å². The van der Waals surface area contributed by atoms with Crippen molar-refractivity contribution in [3.05, 3.63) is 12.2 Å². The van der Waals surface area contributed by atoms with Crippen molar-refractivity contribution in [2.45, 2.75) is 13.1 Å². The molecule has 0 atom stereocenters. The lowest BCUT2D eigenvalue weighted by molar-refractivity contribution is -0.129. The van der Waals surface area contributed by atoms with Gasteiger partial charge in [-0.05, 0) is 0 Å². The summed E-state index contributed by atoms with van der Waals surface area (Å²) in [6, 6.07) is 0. The number of fused-ring (bicyclic) bond motifs is 1. The minimum absolute atomic E-state index is 0.0533. The fourth-order valence-electron chi connectivity index (χ4n) is 1.38. The van der Waals surface area contributed by atoms with E-state index in [9.17, 15) is 4.79 Å². The molecule has 0 N–H and O–H groups in total. The molecule has 0 aliphatic carbocycles. The molecule has 0 unspecified atom stereocenters. The molecule has 0 radical (unpaired) electrons. The molecule has 0 bridgehead atoms. The van der Waals surface area contributed by atoms with Crippen molar-refractivity contribution < 1.29 is 4.79 Å². The molecule has 1 aromatic rings. The van der Waals surface area contributed by atoms with E-state index in [1.165, 1.54) is 0 Å². The molecule has 6 heteroatoms. The second-order valence-corrected chi connectivity index (χ2v) is 3.23. The number of carbonyl (C=O) groups is 1. The first-order valence-electron chi connectivity index (χ1n) is 4.06. The van der Waals surface area contributed by atoms with Crippen molar-refractivity contribution in [3.8, 4) is 0 Å². The highest BCUT2D eigenvalue weighted by Crippen LogP contribution is 2.08. The van der Waals surface area contributed by atoms with Crippen molar-refractivity contribution in [1.82, 2.24) is 19.7 Å². The minimum Gasteiger partial charge on any atom is -0.333 e. The van der Waals surface area contributed by atoms with Crippen LogP contribution in [-0.4, -0.2) is 37.9 Å². The predicted molar refractivity (Wildman–Crippen MR) is 49.3 cm³/mol. The summed E-state index contributed by atoms with van der Waals surface area (Å²) >= 11 is 3.95. The van der Waals surface area contributed by atoms with E-state index in [-0.39, 0.29) is 11.7 Å². The quantitative estimate of drug-likeness (QED) is 0.622. The first-order chi connectivity index (χ1) is 6.31. The van der Waals surface area contributed by atoms with Gasteiger partial charge in [0.05, 0.1) is 12.3 Å². The van der Waals surface area contributed by atoms with Crippen LogP contribution >= 0.6 is 12.6 Å². The molecule has 0 saturated heterocycles. The van der Waals surface area contributed by atoms with E-state index >= 15 is 0 Å². The highest BCUT2D eigenvalue weighted by atomic mass is 32.1. The Morgan fingerprint density at radius 3 is 3.23 bits per heavy atom. The predicted octanol–water partition coefficient (Wildman–Crippen LogP) is -0.450. The van der Waals surface area contributed by atoms with Crippen molar-refractivity contribution >= 4 is 18.5 Å². The highest BCUT2D eigenvalue weighted by Gasteiger charge is 2.20. The van der Waals surface area contributed by atoms with E-state index in [0.717, 1.165) is 18.9 Å². The Morgan fingerprint density at radius 2 is 2.46 bits per heavy atom. The van der Waals surface area contributed by atoms with Crippen LogP contribution in [0.3, 0.4) is 0 Å². The number of carbonyl (C=O) groups excluding carboxylic acids is 1. The monoisotopic (exact) mass is 198 g/mol. The third-order valence-corrected chi connectivity index (χ3v) is 2.40. The average molecular weight is 198 g/mol. The number of hydrogen-bond acceptors (Lipinski definition) is 4. The van der Waals surface area contributed by atoms with Crippen LogP contribution in [-0.2, 0) is 17.9 Å². The molecule has 0 spiro atoms. The van der Waals surface area contributed by atoms with Gasteiger partial charge in [-0.2, -0.15) is 12.6 Å². The number of aromatic nitrogens is 3. The maximum atomic E-state index is 11.3. The summed E-state index contributed by atoms with van der Waals surface area (Å²) in [5, 5.41) is 7.70. The van der Waals surface area contributed by atoms with E-state index < -0.39 is 0 Å². The molecule has 0 saturated carbocycles. The molecule has 2 rings (SSSR count). The molecule has 2 heterocycles. The SMILES string of the molecule is O=C(CS)N1CCn2cnnc2C1. The summed E-state index contributed by atoms with van der Waals surface area (Å²) in [6.45, 7) is 2.06. The topological polar surface area (TPSA) is 51.0 Å². The van der Waals surface area contributed by atoms with Crippen molar-refractivity contribution in [3.63, 3.8) is 0 Å². The fourth-order valence-corrected chi connectivity index (χ4v) is 1.58. The Kier molecular flexibility index (Phi) is 2.22. The summed E-state index contributed by atoms with van der Waals surface area (Å²) in [5.41, 5.74) is 0. The maximum Gasteiger partial charge on any atom is 0.232 e. The third-order valence-electron chi connectivity index (χ3n) is 2.13. The summed E-state index contributed by atoms with van der Waals surface area (Å²) in [6.07, 6.45) is 1.69. The second kappa shape index (κ2) is 3.37. The first kappa shape index (κ1) is 8.55. The van der Waals surface area contributed by atoms with Gasteiger partial charge in [0.1, 0.15) is 6.33 Å². The number of amides is 1. The average Bonchev–Trinajstić information content (AvgIpc) is 2.63. The standard InChI is InChI=1S/C7H10N4OS/c12-7(4-13)10-1-2-11-5-8-9-6(11)3-10/h5,13H,1-4H2. The minimum atomic E-state index is 0.0533.